The van der Waals surface area contributed by atoms with Crippen molar-refractivity contribution in [3.63, 3.8) is 0 Å². The molecule has 0 aliphatic carbocycles. The third-order valence-electron chi connectivity index (χ3n) is 2.60. The molecule has 0 amide bonds. The molecule has 4 nitrogen and oxygen atoms in total. The second-order valence-electron chi connectivity index (χ2n) is 3.75. The summed E-state index contributed by atoms with van der Waals surface area (Å²) in [6.45, 7) is 2.31. The first kappa shape index (κ1) is 11.1. The van der Waals surface area contributed by atoms with Gasteiger partial charge >= 0.3 is 0 Å². The van der Waals surface area contributed by atoms with Crippen molar-refractivity contribution in [2.45, 2.75) is 13.5 Å². The zero-order valence-corrected chi connectivity index (χ0v) is 9.42. The Morgan fingerprint density at radius 1 is 1.29 bits per heavy atom. The molecule has 0 fully saturated rings. The monoisotopic (exact) mass is 225 g/mol. The molecular formula is C13H11N3O. The normalized spacial score (nSPS) is 9.88. The second kappa shape index (κ2) is 4.62. The Labute approximate surface area is 98.8 Å². The summed E-state index contributed by atoms with van der Waals surface area (Å²) in [5.41, 5.74) is 1.75. The van der Waals surface area contributed by atoms with Crippen molar-refractivity contribution in [2.75, 3.05) is 0 Å². The van der Waals surface area contributed by atoms with Gasteiger partial charge in [-0.15, -0.1) is 0 Å². The minimum atomic E-state index is -0.246. The molecule has 0 aliphatic rings. The molecule has 0 saturated heterocycles. The van der Waals surface area contributed by atoms with Crippen molar-refractivity contribution in [3.8, 4) is 6.07 Å². The van der Waals surface area contributed by atoms with Gasteiger partial charge in [-0.05, 0) is 36.8 Å². The van der Waals surface area contributed by atoms with Crippen molar-refractivity contribution >= 4 is 0 Å². The highest BCUT2D eigenvalue weighted by Crippen LogP contribution is 2.03. The van der Waals surface area contributed by atoms with Crippen LogP contribution in [0.25, 0.3) is 0 Å². The zero-order chi connectivity index (χ0) is 12.3. The number of hydrogen-bond acceptors (Lipinski definition) is 3. The lowest BCUT2D eigenvalue weighted by Gasteiger charge is -2.09. The summed E-state index contributed by atoms with van der Waals surface area (Å²) in [7, 11) is 0. The quantitative estimate of drug-likeness (QED) is 0.777. The maximum Gasteiger partial charge on any atom is 0.268 e. The van der Waals surface area contributed by atoms with Crippen molar-refractivity contribution in [1.29, 1.82) is 5.26 Å². The third-order valence-corrected chi connectivity index (χ3v) is 2.60. The first-order valence-corrected chi connectivity index (χ1v) is 5.22. The summed E-state index contributed by atoms with van der Waals surface area (Å²) in [5.74, 6) is 0. The van der Waals surface area contributed by atoms with Crippen LogP contribution in [0.2, 0.25) is 0 Å². The van der Waals surface area contributed by atoms with Gasteiger partial charge in [-0.1, -0.05) is 0 Å². The number of hydrogen-bond donors (Lipinski definition) is 0. The molecule has 2 aromatic heterocycles. The van der Waals surface area contributed by atoms with E-state index in [1.165, 1.54) is 0 Å². The van der Waals surface area contributed by atoms with Crippen LogP contribution in [0, 0.1) is 18.3 Å². The molecule has 0 radical (unpaired) electrons. The predicted molar refractivity (Wildman–Crippen MR) is 63.5 cm³/mol. The van der Waals surface area contributed by atoms with Gasteiger partial charge in [0, 0.05) is 18.1 Å². The van der Waals surface area contributed by atoms with Crippen molar-refractivity contribution in [2.24, 2.45) is 0 Å². The summed E-state index contributed by atoms with van der Waals surface area (Å²) < 4.78 is 1.59. The first-order valence-electron chi connectivity index (χ1n) is 5.22. The molecular weight excluding hydrogens is 214 g/mol. The standard InChI is InChI=1S/C13H11N3O/c1-10-2-3-12(8-14)13(17)16(10)9-11-4-6-15-7-5-11/h2-7H,9H2,1H3. The molecule has 2 aromatic rings. The molecule has 0 aliphatic heterocycles. The van der Waals surface area contributed by atoms with Crippen LogP contribution in [0.3, 0.4) is 0 Å². The average molecular weight is 225 g/mol. The highest BCUT2D eigenvalue weighted by atomic mass is 16.1. The molecule has 0 spiro atoms. The summed E-state index contributed by atoms with van der Waals surface area (Å²) in [6, 6.07) is 8.94. The second-order valence-corrected chi connectivity index (χ2v) is 3.75. The van der Waals surface area contributed by atoms with Gasteiger partial charge in [-0.2, -0.15) is 5.26 Å². The summed E-state index contributed by atoms with van der Waals surface area (Å²) >= 11 is 0. The molecule has 0 unspecified atom stereocenters. The van der Waals surface area contributed by atoms with Gasteiger partial charge in [0.05, 0.1) is 6.54 Å². The SMILES string of the molecule is Cc1ccc(C#N)c(=O)n1Cc1ccncc1. The molecule has 84 valence electrons. The smallest absolute Gasteiger partial charge is 0.268 e. The van der Waals surface area contributed by atoms with Crippen LogP contribution in [-0.2, 0) is 6.54 Å². The van der Waals surface area contributed by atoms with Gasteiger partial charge in [0.25, 0.3) is 5.56 Å². The molecule has 0 atom stereocenters. The van der Waals surface area contributed by atoms with Gasteiger partial charge in [-0.25, -0.2) is 0 Å². The molecule has 17 heavy (non-hydrogen) atoms. The average Bonchev–Trinajstić information content (AvgIpc) is 2.36. The number of nitriles is 1. The number of rotatable bonds is 2. The lowest BCUT2D eigenvalue weighted by atomic mass is 10.2. The van der Waals surface area contributed by atoms with Gasteiger partial charge in [0.15, 0.2) is 0 Å². The summed E-state index contributed by atoms with van der Waals surface area (Å²) in [6.07, 6.45) is 3.37. The minimum Gasteiger partial charge on any atom is -0.307 e. The summed E-state index contributed by atoms with van der Waals surface area (Å²) in [5, 5.41) is 8.83. The van der Waals surface area contributed by atoms with Crippen molar-refractivity contribution in [1.82, 2.24) is 9.55 Å². The van der Waals surface area contributed by atoms with E-state index in [2.05, 4.69) is 4.98 Å². The fourth-order valence-corrected chi connectivity index (χ4v) is 1.62. The lowest BCUT2D eigenvalue weighted by Crippen LogP contribution is -2.24. The largest absolute Gasteiger partial charge is 0.307 e. The van der Waals surface area contributed by atoms with Gasteiger partial charge in [0.1, 0.15) is 11.6 Å². The lowest BCUT2D eigenvalue weighted by molar-refractivity contribution is 0.726. The highest BCUT2D eigenvalue weighted by Gasteiger charge is 2.05. The van der Waals surface area contributed by atoms with E-state index in [0.717, 1.165) is 11.3 Å². The Morgan fingerprint density at radius 2 is 2.00 bits per heavy atom. The van der Waals surface area contributed by atoms with E-state index in [1.807, 2.05) is 25.1 Å². The van der Waals surface area contributed by atoms with Crippen LogP contribution in [0.5, 0.6) is 0 Å². The Morgan fingerprint density at radius 3 is 2.65 bits per heavy atom. The van der Waals surface area contributed by atoms with E-state index in [1.54, 1.807) is 29.1 Å². The fraction of sp³-hybridized carbons (Fsp3) is 0.154. The van der Waals surface area contributed by atoms with Crippen molar-refractivity contribution < 1.29 is 0 Å². The Kier molecular flexibility index (Phi) is 3.01. The van der Waals surface area contributed by atoms with E-state index < -0.39 is 0 Å². The minimum absolute atomic E-state index is 0.171. The number of aryl methyl sites for hydroxylation is 1. The number of nitrogens with zero attached hydrogens (tertiary/aromatic N) is 3. The Hall–Kier alpha value is -2.41. The molecule has 2 heterocycles. The highest BCUT2D eigenvalue weighted by molar-refractivity contribution is 5.28. The van der Waals surface area contributed by atoms with Gasteiger partial charge in [0.2, 0.25) is 0 Å². The van der Waals surface area contributed by atoms with Crippen LogP contribution in [-0.4, -0.2) is 9.55 Å². The van der Waals surface area contributed by atoms with Gasteiger partial charge < -0.3 is 4.57 Å². The molecule has 4 heteroatoms. The van der Waals surface area contributed by atoms with Crippen LogP contribution >= 0.6 is 0 Å². The first-order chi connectivity index (χ1) is 8.22. The molecule has 0 bridgehead atoms. The zero-order valence-electron chi connectivity index (χ0n) is 9.42. The van der Waals surface area contributed by atoms with Crippen LogP contribution < -0.4 is 5.56 Å². The van der Waals surface area contributed by atoms with E-state index in [-0.39, 0.29) is 11.1 Å². The van der Waals surface area contributed by atoms with Crippen LogP contribution in [0.4, 0.5) is 0 Å². The van der Waals surface area contributed by atoms with E-state index >= 15 is 0 Å². The van der Waals surface area contributed by atoms with Crippen LogP contribution in [0.15, 0.2) is 41.5 Å². The van der Waals surface area contributed by atoms with Crippen LogP contribution in [0.1, 0.15) is 16.8 Å². The third kappa shape index (κ3) is 2.23. The topological polar surface area (TPSA) is 58.7 Å². The van der Waals surface area contributed by atoms with Crippen molar-refractivity contribution in [3.05, 3.63) is 63.8 Å². The number of aromatic nitrogens is 2. The van der Waals surface area contributed by atoms with E-state index in [0.29, 0.717) is 6.54 Å². The molecule has 0 aromatic carbocycles. The molecule has 2 rings (SSSR count). The fourth-order valence-electron chi connectivity index (χ4n) is 1.62. The maximum atomic E-state index is 12.0. The predicted octanol–water partition coefficient (Wildman–Crippen LogP) is 1.47. The van der Waals surface area contributed by atoms with E-state index in [9.17, 15) is 4.79 Å². The maximum absolute atomic E-state index is 12.0. The molecule has 0 N–H and O–H groups in total. The molecule has 0 saturated carbocycles. The van der Waals surface area contributed by atoms with E-state index in [4.69, 9.17) is 5.26 Å². The Balaban J connectivity index is 2.47. The summed E-state index contributed by atoms with van der Waals surface area (Å²) in [4.78, 5) is 15.9. The number of pyridine rings is 2. The van der Waals surface area contributed by atoms with Gasteiger partial charge in [-0.3, -0.25) is 9.78 Å². The Bertz CT molecular complexity index is 623.